The van der Waals surface area contributed by atoms with Crippen LogP contribution in [-0.2, 0) is 4.79 Å². The fourth-order valence-electron chi connectivity index (χ4n) is 2.48. The highest BCUT2D eigenvalue weighted by Gasteiger charge is 2.17. The average Bonchev–Trinajstić information content (AvgIpc) is 2.25. The zero-order valence-electron chi connectivity index (χ0n) is 9.67. The molecule has 0 aromatic carbocycles. The molecule has 1 rings (SSSR count). The summed E-state index contributed by atoms with van der Waals surface area (Å²) in [5, 5.41) is 11.7. The molecule has 15 heavy (non-hydrogen) atoms. The normalized spacial score (nSPS) is 20.1. The van der Waals surface area contributed by atoms with Crippen molar-refractivity contribution < 1.29 is 9.90 Å². The Labute approximate surface area is 92.3 Å². The maximum atomic E-state index is 10.8. The number of carboxylic acids is 1. The van der Waals surface area contributed by atoms with Gasteiger partial charge >= 0.3 is 5.97 Å². The summed E-state index contributed by atoms with van der Waals surface area (Å²) in [6.07, 6.45) is 9.88. The lowest BCUT2D eigenvalue weighted by molar-refractivity contribution is -0.139. The van der Waals surface area contributed by atoms with Crippen LogP contribution < -0.4 is 5.32 Å². The summed E-state index contributed by atoms with van der Waals surface area (Å²) in [6, 6.07) is -0.353. The van der Waals surface area contributed by atoms with Gasteiger partial charge in [-0.05, 0) is 19.4 Å². The van der Waals surface area contributed by atoms with Gasteiger partial charge in [0.25, 0.3) is 0 Å². The Bertz CT molecular complexity index is 188. The minimum Gasteiger partial charge on any atom is -0.480 e. The first-order valence-electron chi connectivity index (χ1n) is 6.14. The second-order valence-corrected chi connectivity index (χ2v) is 4.61. The first-order chi connectivity index (χ1) is 7.24. The minimum absolute atomic E-state index is 0.353. The molecule has 0 radical (unpaired) electrons. The number of hydrogen-bond acceptors (Lipinski definition) is 2. The van der Waals surface area contributed by atoms with Crippen molar-refractivity contribution in [1.82, 2.24) is 5.32 Å². The predicted molar refractivity (Wildman–Crippen MR) is 60.9 cm³/mol. The lowest BCUT2D eigenvalue weighted by Gasteiger charge is -2.21. The van der Waals surface area contributed by atoms with Crippen molar-refractivity contribution in [3.63, 3.8) is 0 Å². The Morgan fingerprint density at radius 1 is 1.40 bits per heavy atom. The summed E-state index contributed by atoms with van der Waals surface area (Å²) in [5.41, 5.74) is 0. The molecule has 0 aromatic rings. The van der Waals surface area contributed by atoms with Gasteiger partial charge in [0, 0.05) is 0 Å². The standard InChI is InChI=1S/C12H23NO2/c1-13-11(12(14)15)9-5-8-10-6-3-2-4-7-10/h10-11,13H,2-9H2,1H3,(H,14,15)/t11-/m0/s1. The van der Waals surface area contributed by atoms with Crippen LogP contribution in [0, 0.1) is 5.92 Å². The van der Waals surface area contributed by atoms with E-state index in [0.717, 1.165) is 18.8 Å². The summed E-state index contributed by atoms with van der Waals surface area (Å²) in [6.45, 7) is 0. The van der Waals surface area contributed by atoms with Crippen LogP contribution in [-0.4, -0.2) is 24.2 Å². The van der Waals surface area contributed by atoms with Gasteiger partial charge in [-0.3, -0.25) is 4.79 Å². The van der Waals surface area contributed by atoms with Gasteiger partial charge in [-0.15, -0.1) is 0 Å². The minimum atomic E-state index is -0.721. The second kappa shape index (κ2) is 6.83. The van der Waals surface area contributed by atoms with E-state index in [4.69, 9.17) is 5.11 Å². The predicted octanol–water partition coefficient (Wildman–Crippen LogP) is 2.41. The van der Waals surface area contributed by atoms with Crippen molar-refractivity contribution in [3.8, 4) is 0 Å². The molecule has 0 unspecified atom stereocenters. The first-order valence-corrected chi connectivity index (χ1v) is 6.14. The van der Waals surface area contributed by atoms with E-state index >= 15 is 0 Å². The van der Waals surface area contributed by atoms with Crippen LogP contribution in [0.25, 0.3) is 0 Å². The lowest BCUT2D eigenvalue weighted by atomic mass is 9.85. The molecule has 0 spiro atoms. The maximum Gasteiger partial charge on any atom is 0.320 e. The lowest BCUT2D eigenvalue weighted by Crippen LogP contribution is -2.33. The third-order valence-corrected chi connectivity index (χ3v) is 3.48. The molecule has 0 saturated heterocycles. The molecule has 1 saturated carbocycles. The van der Waals surface area contributed by atoms with Gasteiger partial charge in [0.2, 0.25) is 0 Å². The zero-order valence-corrected chi connectivity index (χ0v) is 9.67. The van der Waals surface area contributed by atoms with E-state index in [0.29, 0.717) is 0 Å². The Morgan fingerprint density at radius 2 is 2.07 bits per heavy atom. The smallest absolute Gasteiger partial charge is 0.320 e. The van der Waals surface area contributed by atoms with Crippen LogP contribution in [0.1, 0.15) is 51.4 Å². The highest BCUT2D eigenvalue weighted by Crippen LogP contribution is 2.27. The molecule has 0 aromatic heterocycles. The maximum absolute atomic E-state index is 10.8. The molecule has 3 heteroatoms. The fourth-order valence-corrected chi connectivity index (χ4v) is 2.48. The summed E-state index contributed by atoms with van der Waals surface area (Å²) in [5.74, 6) is 0.145. The average molecular weight is 213 g/mol. The molecule has 0 heterocycles. The third-order valence-electron chi connectivity index (χ3n) is 3.48. The van der Waals surface area contributed by atoms with Crippen molar-refractivity contribution >= 4 is 5.97 Å². The summed E-state index contributed by atoms with van der Waals surface area (Å²) < 4.78 is 0. The second-order valence-electron chi connectivity index (χ2n) is 4.61. The van der Waals surface area contributed by atoms with Crippen LogP contribution in [0.4, 0.5) is 0 Å². The third kappa shape index (κ3) is 4.65. The van der Waals surface area contributed by atoms with E-state index in [2.05, 4.69) is 5.32 Å². The van der Waals surface area contributed by atoms with Crippen LogP contribution in [0.2, 0.25) is 0 Å². The van der Waals surface area contributed by atoms with E-state index in [9.17, 15) is 4.79 Å². The molecule has 0 amide bonds. The van der Waals surface area contributed by atoms with Crippen LogP contribution in [0.3, 0.4) is 0 Å². The van der Waals surface area contributed by atoms with Crippen LogP contribution >= 0.6 is 0 Å². The molecule has 0 aliphatic heterocycles. The summed E-state index contributed by atoms with van der Waals surface area (Å²) in [4.78, 5) is 10.8. The molecular formula is C12H23NO2. The SMILES string of the molecule is CN[C@@H](CCCC1CCCCC1)C(=O)O. The summed E-state index contributed by atoms with van der Waals surface area (Å²) in [7, 11) is 1.72. The Hall–Kier alpha value is -0.570. The molecule has 1 fully saturated rings. The van der Waals surface area contributed by atoms with E-state index in [-0.39, 0.29) is 6.04 Å². The number of aliphatic carboxylic acids is 1. The van der Waals surface area contributed by atoms with Crippen molar-refractivity contribution in [2.75, 3.05) is 7.05 Å². The number of nitrogens with one attached hydrogen (secondary N) is 1. The highest BCUT2D eigenvalue weighted by molar-refractivity contribution is 5.73. The first kappa shape index (κ1) is 12.5. The fraction of sp³-hybridized carbons (Fsp3) is 0.917. The van der Waals surface area contributed by atoms with Gasteiger partial charge in [-0.25, -0.2) is 0 Å². The molecule has 1 aliphatic carbocycles. The largest absolute Gasteiger partial charge is 0.480 e. The molecule has 88 valence electrons. The van der Waals surface area contributed by atoms with Crippen LogP contribution in [0.5, 0.6) is 0 Å². The zero-order chi connectivity index (χ0) is 11.1. The van der Waals surface area contributed by atoms with Crippen molar-refractivity contribution in [3.05, 3.63) is 0 Å². The van der Waals surface area contributed by atoms with Crippen LogP contribution in [0.15, 0.2) is 0 Å². The Kier molecular flexibility index (Phi) is 5.69. The topological polar surface area (TPSA) is 49.3 Å². The van der Waals surface area contributed by atoms with Gasteiger partial charge in [-0.2, -0.15) is 0 Å². The van der Waals surface area contributed by atoms with Crippen molar-refractivity contribution in [2.24, 2.45) is 5.92 Å². The number of carbonyl (C=O) groups is 1. The number of carboxylic acid groups (broad SMARTS) is 1. The number of rotatable bonds is 6. The monoisotopic (exact) mass is 213 g/mol. The van der Waals surface area contributed by atoms with E-state index in [1.807, 2.05) is 0 Å². The van der Waals surface area contributed by atoms with E-state index in [1.165, 1.54) is 38.5 Å². The molecule has 0 bridgehead atoms. The number of likely N-dealkylation sites (N-methyl/N-ethyl adjacent to an activating group) is 1. The molecule has 1 atom stereocenters. The molecule has 3 nitrogen and oxygen atoms in total. The Morgan fingerprint density at radius 3 is 2.60 bits per heavy atom. The highest BCUT2D eigenvalue weighted by atomic mass is 16.4. The van der Waals surface area contributed by atoms with E-state index < -0.39 is 5.97 Å². The van der Waals surface area contributed by atoms with Crippen molar-refractivity contribution in [1.29, 1.82) is 0 Å². The number of hydrogen-bond donors (Lipinski definition) is 2. The summed E-state index contributed by atoms with van der Waals surface area (Å²) >= 11 is 0. The molecular weight excluding hydrogens is 190 g/mol. The molecule has 1 aliphatic rings. The Balaban J connectivity index is 2.11. The van der Waals surface area contributed by atoms with Gasteiger partial charge in [0.15, 0.2) is 0 Å². The van der Waals surface area contributed by atoms with Gasteiger partial charge < -0.3 is 10.4 Å². The van der Waals surface area contributed by atoms with E-state index in [1.54, 1.807) is 7.05 Å². The van der Waals surface area contributed by atoms with Gasteiger partial charge in [0.05, 0.1) is 0 Å². The van der Waals surface area contributed by atoms with Gasteiger partial charge in [-0.1, -0.05) is 44.9 Å². The van der Waals surface area contributed by atoms with Gasteiger partial charge in [0.1, 0.15) is 6.04 Å². The van der Waals surface area contributed by atoms with Crippen molar-refractivity contribution in [2.45, 2.75) is 57.4 Å². The quantitative estimate of drug-likeness (QED) is 0.712. The molecule has 2 N–H and O–H groups in total.